The summed E-state index contributed by atoms with van der Waals surface area (Å²) in [6.07, 6.45) is 10.2. The zero-order valence-electron chi connectivity index (χ0n) is 15.3. The molecule has 1 unspecified atom stereocenters. The van der Waals surface area contributed by atoms with Crippen molar-refractivity contribution in [2.24, 2.45) is 4.99 Å². The molecule has 3 rings (SSSR count). The van der Waals surface area contributed by atoms with Gasteiger partial charge in [0.1, 0.15) is 12.4 Å². The van der Waals surface area contributed by atoms with Gasteiger partial charge in [-0.25, -0.2) is 4.99 Å². The average Bonchev–Trinajstić information content (AvgIpc) is 3.31. The molecule has 2 aliphatic rings. The van der Waals surface area contributed by atoms with Gasteiger partial charge in [-0.05, 0) is 38.3 Å². The molecule has 1 aromatic heterocycles. The van der Waals surface area contributed by atoms with Crippen molar-refractivity contribution < 1.29 is 4.74 Å². The maximum Gasteiger partial charge on any atom is 0.191 e. The smallest absolute Gasteiger partial charge is 0.191 e. The van der Waals surface area contributed by atoms with Crippen LogP contribution in [0.3, 0.4) is 0 Å². The summed E-state index contributed by atoms with van der Waals surface area (Å²) in [5.74, 6) is 1.69. The van der Waals surface area contributed by atoms with Crippen molar-refractivity contribution in [3.8, 4) is 5.75 Å². The Bertz CT molecular complexity index is 530. The number of aliphatic imine (C=N–C) groups is 1. The number of guanidine groups is 1. The minimum Gasteiger partial charge on any atom is -0.490 e. The highest BCUT2D eigenvalue weighted by Gasteiger charge is 2.30. The number of ether oxygens (including phenoxy) is 1. The zero-order chi connectivity index (χ0) is 17.3. The van der Waals surface area contributed by atoms with Crippen molar-refractivity contribution in [2.75, 3.05) is 32.8 Å². The third kappa shape index (κ3) is 5.59. The van der Waals surface area contributed by atoms with Crippen LogP contribution in [-0.2, 0) is 0 Å². The number of hydrogen-bond donors (Lipinski definition) is 2. The van der Waals surface area contributed by atoms with E-state index >= 15 is 0 Å². The van der Waals surface area contributed by atoms with E-state index in [-0.39, 0.29) is 0 Å². The van der Waals surface area contributed by atoms with Crippen LogP contribution in [0.4, 0.5) is 0 Å². The van der Waals surface area contributed by atoms with E-state index in [1.807, 2.05) is 12.1 Å². The summed E-state index contributed by atoms with van der Waals surface area (Å²) in [7, 11) is 0. The zero-order valence-corrected chi connectivity index (χ0v) is 15.3. The van der Waals surface area contributed by atoms with E-state index in [1.54, 1.807) is 12.4 Å². The van der Waals surface area contributed by atoms with Gasteiger partial charge in [0.25, 0.3) is 0 Å². The largest absolute Gasteiger partial charge is 0.490 e. The van der Waals surface area contributed by atoms with E-state index in [0.717, 1.165) is 30.8 Å². The van der Waals surface area contributed by atoms with Crippen LogP contribution >= 0.6 is 0 Å². The number of nitrogens with zero attached hydrogens (tertiary/aromatic N) is 3. The molecule has 1 aliphatic carbocycles. The first kappa shape index (κ1) is 18.0. The Morgan fingerprint density at radius 3 is 3.00 bits per heavy atom. The predicted octanol–water partition coefficient (Wildman–Crippen LogP) is 2.03. The van der Waals surface area contributed by atoms with Gasteiger partial charge in [-0.2, -0.15) is 0 Å². The Kier molecular flexibility index (Phi) is 6.91. The number of nitrogens with one attached hydrogen (secondary N) is 2. The molecule has 0 aromatic carbocycles. The summed E-state index contributed by atoms with van der Waals surface area (Å²) >= 11 is 0. The van der Waals surface area contributed by atoms with Crippen molar-refractivity contribution in [3.63, 3.8) is 0 Å². The van der Waals surface area contributed by atoms with Crippen LogP contribution < -0.4 is 15.4 Å². The number of likely N-dealkylation sites (tertiary alicyclic amines) is 1. The van der Waals surface area contributed by atoms with Crippen molar-refractivity contribution in [3.05, 3.63) is 24.5 Å². The van der Waals surface area contributed by atoms with Crippen molar-refractivity contribution >= 4 is 5.96 Å². The standard InChI is InChI=1S/C19H31N5O/c1-2-21-19(22-11-13-25-18-8-5-10-20-14-18)23-16-9-12-24(15-16)17-6-3-4-7-17/h5,8,10,14,16-17H,2-4,6-7,9,11-13,15H2,1H3,(H2,21,22,23). The minimum absolute atomic E-state index is 0.498. The predicted molar refractivity (Wildman–Crippen MR) is 101 cm³/mol. The molecule has 1 saturated heterocycles. The van der Waals surface area contributed by atoms with Gasteiger partial charge in [-0.1, -0.05) is 12.8 Å². The highest BCUT2D eigenvalue weighted by Crippen LogP contribution is 2.26. The molecule has 1 aromatic rings. The minimum atomic E-state index is 0.498. The van der Waals surface area contributed by atoms with E-state index in [9.17, 15) is 0 Å². The molecule has 1 aliphatic heterocycles. The van der Waals surface area contributed by atoms with Crippen LogP contribution in [0.1, 0.15) is 39.0 Å². The van der Waals surface area contributed by atoms with Crippen LogP contribution in [0.15, 0.2) is 29.5 Å². The fourth-order valence-electron chi connectivity index (χ4n) is 3.77. The summed E-state index contributed by atoms with van der Waals surface area (Å²) in [6, 6.07) is 5.10. The van der Waals surface area contributed by atoms with Crippen molar-refractivity contribution in [1.29, 1.82) is 0 Å². The summed E-state index contributed by atoms with van der Waals surface area (Å²) in [6.45, 7) is 6.51. The van der Waals surface area contributed by atoms with Crippen LogP contribution in [0, 0.1) is 0 Å². The molecule has 6 heteroatoms. The molecule has 2 heterocycles. The molecule has 1 atom stereocenters. The number of hydrogen-bond acceptors (Lipinski definition) is 4. The van der Waals surface area contributed by atoms with Gasteiger partial charge >= 0.3 is 0 Å². The molecule has 25 heavy (non-hydrogen) atoms. The van der Waals surface area contributed by atoms with Gasteiger partial charge in [0.2, 0.25) is 0 Å². The van der Waals surface area contributed by atoms with E-state index < -0.39 is 0 Å². The number of pyridine rings is 1. The Balaban J connectivity index is 1.42. The lowest BCUT2D eigenvalue weighted by atomic mass is 10.2. The first-order valence-electron chi connectivity index (χ1n) is 9.67. The number of rotatable bonds is 7. The van der Waals surface area contributed by atoms with Crippen LogP contribution in [-0.4, -0.2) is 60.7 Å². The molecule has 0 amide bonds. The fourth-order valence-corrected chi connectivity index (χ4v) is 3.77. The molecule has 2 N–H and O–H groups in total. The fraction of sp³-hybridized carbons (Fsp3) is 0.684. The molecular formula is C19H31N5O. The monoisotopic (exact) mass is 345 g/mol. The lowest BCUT2D eigenvalue weighted by Gasteiger charge is -2.24. The molecule has 6 nitrogen and oxygen atoms in total. The second-order valence-electron chi connectivity index (χ2n) is 6.86. The van der Waals surface area contributed by atoms with Crippen molar-refractivity contribution in [2.45, 2.75) is 51.1 Å². The average molecular weight is 345 g/mol. The van der Waals surface area contributed by atoms with E-state index in [4.69, 9.17) is 4.74 Å². The summed E-state index contributed by atoms with van der Waals surface area (Å²) in [5.41, 5.74) is 0. The van der Waals surface area contributed by atoms with Gasteiger partial charge in [0.15, 0.2) is 5.96 Å². The van der Waals surface area contributed by atoms with Gasteiger partial charge in [0.05, 0.1) is 12.7 Å². The normalized spacial score (nSPS) is 22.3. The molecule has 2 fully saturated rings. The second kappa shape index (κ2) is 9.61. The molecule has 0 radical (unpaired) electrons. The first-order valence-corrected chi connectivity index (χ1v) is 9.67. The van der Waals surface area contributed by atoms with Crippen molar-refractivity contribution in [1.82, 2.24) is 20.5 Å². The first-order chi connectivity index (χ1) is 12.3. The Labute approximate surface area is 151 Å². The topological polar surface area (TPSA) is 61.8 Å². The third-order valence-corrected chi connectivity index (χ3v) is 5.01. The second-order valence-corrected chi connectivity index (χ2v) is 6.86. The lowest BCUT2D eigenvalue weighted by molar-refractivity contribution is 0.242. The highest BCUT2D eigenvalue weighted by atomic mass is 16.5. The van der Waals surface area contributed by atoms with E-state index in [0.29, 0.717) is 19.2 Å². The molecule has 1 saturated carbocycles. The van der Waals surface area contributed by atoms with Crippen LogP contribution in [0.2, 0.25) is 0 Å². The Morgan fingerprint density at radius 1 is 1.36 bits per heavy atom. The Morgan fingerprint density at radius 2 is 2.24 bits per heavy atom. The molecular weight excluding hydrogens is 314 g/mol. The van der Waals surface area contributed by atoms with Gasteiger partial charge < -0.3 is 15.4 Å². The van der Waals surface area contributed by atoms with Crippen LogP contribution in [0.5, 0.6) is 5.75 Å². The van der Waals surface area contributed by atoms with E-state index in [2.05, 4.69) is 32.4 Å². The molecule has 0 spiro atoms. The summed E-state index contributed by atoms with van der Waals surface area (Å²) in [4.78, 5) is 11.4. The lowest BCUT2D eigenvalue weighted by Crippen LogP contribution is -2.45. The Hall–Kier alpha value is -1.82. The quantitative estimate of drug-likeness (QED) is 0.450. The van der Waals surface area contributed by atoms with E-state index in [1.165, 1.54) is 38.6 Å². The summed E-state index contributed by atoms with van der Waals surface area (Å²) < 4.78 is 5.66. The van der Waals surface area contributed by atoms with Gasteiger partial charge in [-0.15, -0.1) is 0 Å². The SMILES string of the molecule is CCNC(=NCCOc1cccnc1)NC1CCN(C2CCCC2)C1. The summed E-state index contributed by atoms with van der Waals surface area (Å²) in [5, 5.41) is 6.94. The number of aromatic nitrogens is 1. The maximum absolute atomic E-state index is 5.66. The van der Waals surface area contributed by atoms with Gasteiger partial charge in [-0.3, -0.25) is 9.88 Å². The molecule has 0 bridgehead atoms. The maximum atomic E-state index is 5.66. The molecule has 138 valence electrons. The van der Waals surface area contributed by atoms with Gasteiger partial charge in [0, 0.05) is 37.9 Å². The highest BCUT2D eigenvalue weighted by molar-refractivity contribution is 5.80. The van der Waals surface area contributed by atoms with Crippen LogP contribution in [0.25, 0.3) is 0 Å². The third-order valence-electron chi connectivity index (χ3n) is 5.01.